The van der Waals surface area contributed by atoms with E-state index < -0.39 is 0 Å². The maximum Gasteiger partial charge on any atom is 0.200 e. The molecule has 1 aromatic carbocycles. The van der Waals surface area contributed by atoms with Crippen LogP contribution in [0.3, 0.4) is 0 Å². The Balaban J connectivity index is 2.00. The number of ketones is 1. The number of ether oxygens (including phenoxy) is 1. The number of rotatable bonds is 4. The minimum atomic E-state index is -0.0707. The van der Waals surface area contributed by atoms with Crippen LogP contribution in [0.4, 0.5) is 0 Å². The first-order chi connectivity index (χ1) is 8.65. The molecule has 0 spiro atoms. The molecule has 0 atom stereocenters. The lowest BCUT2D eigenvalue weighted by Crippen LogP contribution is -2.11. The molecule has 1 heterocycles. The number of carbonyl (C=O) groups excluding carboxylic acids is 1. The van der Waals surface area contributed by atoms with Crippen molar-refractivity contribution in [2.24, 2.45) is 0 Å². The molecule has 0 aliphatic carbocycles. The van der Waals surface area contributed by atoms with Crippen molar-refractivity contribution in [1.82, 2.24) is 4.98 Å². The molecule has 0 radical (unpaired) electrons. The van der Waals surface area contributed by atoms with Gasteiger partial charge in [0.25, 0.3) is 0 Å². The molecule has 3 nitrogen and oxygen atoms in total. The van der Waals surface area contributed by atoms with Crippen LogP contribution in [0.15, 0.2) is 42.7 Å². The molecule has 0 bridgehead atoms. The Kier molecular flexibility index (Phi) is 3.95. The van der Waals surface area contributed by atoms with E-state index in [0.717, 1.165) is 5.56 Å². The number of hydrogen-bond acceptors (Lipinski definition) is 3. The number of aromatic nitrogens is 1. The van der Waals surface area contributed by atoms with Crippen LogP contribution in [0.1, 0.15) is 15.9 Å². The number of carbonyl (C=O) groups is 1. The lowest BCUT2D eigenvalue weighted by atomic mass is 10.1. The van der Waals surface area contributed by atoms with Gasteiger partial charge in [0, 0.05) is 17.8 Å². The highest BCUT2D eigenvalue weighted by molar-refractivity contribution is 6.30. The Hall–Kier alpha value is -1.87. The number of aryl methyl sites for hydroxylation is 1. The minimum Gasteiger partial charge on any atom is -0.484 e. The van der Waals surface area contributed by atoms with E-state index in [4.69, 9.17) is 16.3 Å². The van der Waals surface area contributed by atoms with Crippen LogP contribution in [0.5, 0.6) is 5.75 Å². The number of Topliss-reactive ketones (excluding diaryl/α,β-unsaturated/α-hetero) is 1. The van der Waals surface area contributed by atoms with Gasteiger partial charge in [-0.05, 0) is 13.0 Å². The molecule has 4 heteroatoms. The van der Waals surface area contributed by atoms with E-state index in [9.17, 15) is 4.79 Å². The summed E-state index contributed by atoms with van der Waals surface area (Å²) < 4.78 is 5.35. The molecular formula is C14H12ClNO2. The summed E-state index contributed by atoms with van der Waals surface area (Å²) in [5.41, 5.74) is 1.69. The monoisotopic (exact) mass is 261 g/mol. The van der Waals surface area contributed by atoms with Crippen molar-refractivity contribution in [3.8, 4) is 5.75 Å². The molecular weight excluding hydrogens is 250 g/mol. The van der Waals surface area contributed by atoms with Gasteiger partial charge in [-0.25, -0.2) is 0 Å². The van der Waals surface area contributed by atoms with Crippen molar-refractivity contribution >= 4 is 17.4 Å². The van der Waals surface area contributed by atoms with Gasteiger partial charge < -0.3 is 4.74 Å². The molecule has 0 N–H and O–H groups in total. The molecule has 0 aliphatic heterocycles. The molecule has 0 saturated carbocycles. The summed E-state index contributed by atoms with van der Waals surface area (Å²) in [4.78, 5) is 15.8. The SMILES string of the molecule is Cc1cccc(C(=O)COc2cncc(Cl)c2)c1. The van der Waals surface area contributed by atoms with Crippen molar-refractivity contribution < 1.29 is 9.53 Å². The molecule has 0 aliphatic rings. The summed E-state index contributed by atoms with van der Waals surface area (Å²) in [7, 11) is 0. The molecule has 0 saturated heterocycles. The second kappa shape index (κ2) is 5.65. The second-order valence-electron chi connectivity index (χ2n) is 3.92. The zero-order chi connectivity index (χ0) is 13.0. The molecule has 2 rings (SSSR count). The fourth-order valence-electron chi connectivity index (χ4n) is 1.52. The van der Waals surface area contributed by atoms with Crippen molar-refractivity contribution in [2.75, 3.05) is 6.61 Å². The van der Waals surface area contributed by atoms with Crippen LogP contribution < -0.4 is 4.74 Å². The van der Waals surface area contributed by atoms with Gasteiger partial charge in [-0.15, -0.1) is 0 Å². The van der Waals surface area contributed by atoms with E-state index >= 15 is 0 Å². The van der Waals surface area contributed by atoms with E-state index in [1.807, 2.05) is 25.1 Å². The Morgan fingerprint density at radius 3 is 2.89 bits per heavy atom. The summed E-state index contributed by atoms with van der Waals surface area (Å²) >= 11 is 5.77. The van der Waals surface area contributed by atoms with E-state index in [1.165, 1.54) is 12.4 Å². The number of pyridine rings is 1. The van der Waals surface area contributed by atoms with Crippen LogP contribution in [0.25, 0.3) is 0 Å². The normalized spacial score (nSPS) is 10.1. The molecule has 0 fully saturated rings. The van der Waals surface area contributed by atoms with Crippen molar-refractivity contribution in [3.63, 3.8) is 0 Å². The third-order valence-corrected chi connectivity index (χ3v) is 2.60. The zero-order valence-electron chi connectivity index (χ0n) is 9.89. The quantitative estimate of drug-likeness (QED) is 0.793. The van der Waals surface area contributed by atoms with Crippen LogP contribution in [-0.2, 0) is 0 Å². The Bertz CT molecular complexity index is 569. The second-order valence-corrected chi connectivity index (χ2v) is 4.36. The summed E-state index contributed by atoms with van der Waals surface area (Å²) in [6, 6.07) is 9.02. The lowest BCUT2D eigenvalue weighted by Gasteiger charge is -2.05. The summed E-state index contributed by atoms with van der Waals surface area (Å²) in [5, 5.41) is 0.482. The first-order valence-corrected chi connectivity index (χ1v) is 5.86. The van der Waals surface area contributed by atoms with Crippen LogP contribution >= 0.6 is 11.6 Å². The summed E-state index contributed by atoms with van der Waals surface area (Å²) in [5.74, 6) is 0.419. The fourth-order valence-corrected chi connectivity index (χ4v) is 1.69. The Morgan fingerprint density at radius 1 is 1.33 bits per heavy atom. The van der Waals surface area contributed by atoms with Gasteiger partial charge in [0.05, 0.1) is 11.2 Å². The first kappa shape index (κ1) is 12.6. The maximum atomic E-state index is 11.9. The molecule has 18 heavy (non-hydrogen) atoms. The van der Waals surface area contributed by atoms with Crippen molar-refractivity contribution in [1.29, 1.82) is 0 Å². The first-order valence-electron chi connectivity index (χ1n) is 5.48. The van der Waals surface area contributed by atoms with Gasteiger partial charge in [-0.2, -0.15) is 0 Å². The molecule has 92 valence electrons. The highest BCUT2D eigenvalue weighted by atomic mass is 35.5. The average molecular weight is 262 g/mol. The predicted octanol–water partition coefficient (Wildman–Crippen LogP) is 3.31. The van der Waals surface area contributed by atoms with Gasteiger partial charge in [-0.3, -0.25) is 9.78 Å². The molecule has 0 amide bonds. The molecule has 2 aromatic rings. The molecule has 0 unspecified atom stereocenters. The van der Waals surface area contributed by atoms with Crippen LogP contribution in [0, 0.1) is 6.92 Å². The van der Waals surface area contributed by atoms with Crippen molar-refractivity contribution in [2.45, 2.75) is 6.92 Å². The third kappa shape index (κ3) is 3.31. The highest BCUT2D eigenvalue weighted by Crippen LogP contribution is 2.15. The van der Waals surface area contributed by atoms with Gasteiger partial charge in [0.15, 0.2) is 12.4 Å². The topological polar surface area (TPSA) is 39.2 Å². The highest BCUT2D eigenvalue weighted by Gasteiger charge is 2.07. The summed E-state index contributed by atoms with van der Waals surface area (Å²) in [6.07, 6.45) is 3.03. The third-order valence-electron chi connectivity index (χ3n) is 2.39. The standard InChI is InChI=1S/C14H12ClNO2/c1-10-3-2-4-11(5-10)14(17)9-18-13-6-12(15)7-16-8-13/h2-8H,9H2,1H3. The van der Waals surface area contributed by atoms with E-state index in [-0.39, 0.29) is 12.4 Å². The van der Waals surface area contributed by atoms with Crippen molar-refractivity contribution in [3.05, 3.63) is 58.9 Å². The predicted molar refractivity (Wildman–Crippen MR) is 70.3 cm³/mol. The smallest absolute Gasteiger partial charge is 0.200 e. The lowest BCUT2D eigenvalue weighted by molar-refractivity contribution is 0.0921. The largest absolute Gasteiger partial charge is 0.484 e. The number of nitrogens with zero attached hydrogens (tertiary/aromatic N) is 1. The van der Waals surface area contributed by atoms with E-state index in [0.29, 0.717) is 16.3 Å². The van der Waals surface area contributed by atoms with Crippen LogP contribution in [-0.4, -0.2) is 17.4 Å². The van der Waals surface area contributed by atoms with Gasteiger partial charge in [0.1, 0.15) is 5.75 Å². The number of halogens is 1. The Labute approximate surface area is 110 Å². The fraction of sp³-hybridized carbons (Fsp3) is 0.143. The number of benzene rings is 1. The van der Waals surface area contributed by atoms with E-state index in [2.05, 4.69) is 4.98 Å². The van der Waals surface area contributed by atoms with Gasteiger partial charge in [-0.1, -0.05) is 35.4 Å². The zero-order valence-corrected chi connectivity index (χ0v) is 10.6. The molecule has 1 aromatic heterocycles. The van der Waals surface area contributed by atoms with Gasteiger partial charge >= 0.3 is 0 Å². The average Bonchev–Trinajstić information content (AvgIpc) is 2.36. The van der Waals surface area contributed by atoms with E-state index in [1.54, 1.807) is 12.1 Å². The van der Waals surface area contributed by atoms with Gasteiger partial charge in [0.2, 0.25) is 0 Å². The number of hydrogen-bond donors (Lipinski definition) is 0. The maximum absolute atomic E-state index is 11.9. The van der Waals surface area contributed by atoms with Crippen LogP contribution in [0.2, 0.25) is 5.02 Å². The Morgan fingerprint density at radius 2 is 2.17 bits per heavy atom. The minimum absolute atomic E-state index is 0.0223. The summed E-state index contributed by atoms with van der Waals surface area (Å²) in [6.45, 7) is 1.92.